The first kappa shape index (κ1) is 15.1. The Kier molecular flexibility index (Phi) is 3.78. The molecule has 4 nitrogen and oxygen atoms in total. The molecule has 4 rings (SSSR count). The summed E-state index contributed by atoms with van der Waals surface area (Å²) in [6.07, 6.45) is 0. The average Bonchev–Trinajstić information content (AvgIpc) is 2.92. The number of rotatable bonds is 3. The van der Waals surface area contributed by atoms with Crippen molar-refractivity contribution in [3.05, 3.63) is 83.9 Å². The van der Waals surface area contributed by atoms with Crippen LogP contribution >= 0.6 is 0 Å². The smallest absolute Gasteiger partial charge is 0.275 e. The van der Waals surface area contributed by atoms with Crippen LogP contribution in [0.15, 0.2) is 77.8 Å². The summed E-state index contributed by atoms with van der Waals surface area (Å²) in [6.45, 7) is 2.02. The van der Waals surface area contributed by atoms with Crippen molar-refractivity contribution >= 4 is 23.0 Å². The second kappa shape index (κ2) is 6.24. The molecule has 4 heteroatoms. The highest BCUT2D eigenvalue weighted by molar-refractivity contribution is 6.54. The minimum absolute atomic E-state index is 0.179. The van der Waals surface area contributed by atoms with E-state index >= 15 is 0 Å². The number of amides is 1. The highest BCUT2D eigenvalue weighted by atomic mass is 16.5. The highest BCUT2D eigenvalue weighted by Gasteiger charge is 2.25. The fourth-order valence-electron chi connectivity index (χ4n) is 2.75. The molecule has 0 saturated carbocycles. The van der Waals surface area contributed by atoms with E-state index < -0.39 is 0 Å². The van der Waals surface area contributed by atoms with E-state index in [4.69, 9.17) is 4.74 Å². The van der Waals surface area contributed by atoms with E-state index in [0.29, 0.717) is 11.4 Å². The third kappa shape index (κ3) is 3.15. The number of benzene rings is 3. The number of hydrogen-bond acceptors (Lipinski definition) is 3. The van der Waals surface area contributed by atoms with E-state index in [1.807, 2.05) is 79.7 Å². The van der Waals surface area contributed by atoms with Crippen molar-refractivity contribution in [3.63, 3.8) is 0 Å². The Morgan fingerprint density at radius 1 is 0.880 bits per heavy atom. The summed E-state index contributed by atoms with van der Waals surface area (Å²) in [5.74, 6) is 1.34. The Bertz CT molecular complexity index is 975. The Hall–Kier alpha value is -3.40. The molecule has 122 valence electrons. The molecule has 1 amide bonds. The molecule has 0 atom stereocenters. The maximum absolute atomic E-state index is 12.1. The van der Waals surface area contributed by atoms with Gasteiger partial charge in [-0.25, -0.2) is 4.99 Å². The molecule has 1 N–H and O–H groups in total. The number of para-hydroxylation sites is 1. The van der Waals surface area contributed by atoms with Crippen LogP contribution in [0.25, 0.3) is 0 Å². The van der Waals surface area contributed by atoms with Gasteiger partial charge < -0.3 is 10.1 Å². The lowest BCUT2D eigenvalue weighted by Crippen LogP contribution is -2.13. The van der Waals surface area contributed by atoms with Crippen molar-refractivity contribution in [1.82, 2.24) is 0 Å². The maximum atomic E-state index is 12.1. The van der Waals surface area contributed by atoms with Gasteiger partial charge in [0.05, 0.1) is 11.4 Å². The summed E-state index contributed by atoms with van der Waals surface area (Å²) in [5.41, 5.74) is 3.91. The number of ether oxygens (including phenoxy) is 1. The highest BCUT2D eigenvalue weighted by Crippen LogP contribution is 2.28. The molecule has 0 aromatic heterocycles. The Labute approximate surface area is 145 Å². The lowest BCUT2D eigenvalue weighted by atomic mass is 10.1. The molecular formula is C21H16N2O2. The van der Waals surface area contributed by atoms with Gasteiger partial charge in [-0.15, -0.1) is 0 Å². The quantitative estimate of drug-likeness (QED) is 0.746. The fourth-order valence-corrected chi connectivity index (χ4v) is 2.75. The number of nitrogens with zero attached hydrogens (tertiary/aromatic N) is 1. The van der Waals surface area contributed by atoms with Crippen LogP contribution in [0.5, 0.6) is 11.5 Å². The minimum atomic E-state index is -0.179. The molecular weight excluding hydrogens is 312 g/mol. The third-order valence-corrected chi connectivity index (χ3v) is 3.95. The zero-order chi connectivity index (χ0) is 17.2. The number of carbonyl (C=O) groups is 1. The van der Waals surface area contributed by atoms with Crippen LogP contribution < -0.4 is 10.1 Å². The number of fused-ring (bicyclic) bond motifs is 1. The van der Waals surface area contributed by atoms with Crippen LogP contribution in [-0.2, 0) is 4.79 Å². The van der Waals surface area contributed by atoms with Crippen LogP contribution in [0.2, 0.25) is 0 Å². The summed E-state index contributed by atoms with van der Waals surface area (Å²) in [6, 6.07) is 22.8. The van der Waals surface area contributed by atoms with E-state index in [1.165, 1.54) is 0 Å². The summed E-state index contributed by atoms with van der Waals surface area (Å²) in [7, 11) is 0. The second-order valence-corrected chi connectivity index (χ2v) is 5.87. The van der Waals surface area contributed by atoms with Gasteiger partial charge >= 0.3 is 0 Å². The van der Waals surface area contributed by atoms with Crippen LogP contribution in [0.4, 0.5) is 11.4 Å². The van der Waals surface area contributed by atoms with Crippen LogP contribution in [0.1, 0.15) is 11.1 Å². The average molecular weight is 328 g/mol. The van der Waals surface area contributed by atoms with Crippen LogP contribution in [-0.4, -0.2) is 11.6 Å². The normalized spacial score (nSPS) is 14.3. The van der Waals surface area contributed by atoms with Crippen molar-refractivity contribution in [3.8, 4) is 11.5 Å². The topological polar surface area (TPSA) is 50.7 Å². The molecule has 1 aliphatic rings. The monoisotopic (exact) mass is 328 g/mol. The molecule has 0 bridgehead atoms. The van der Waals surface area contributed by atoms with Gasteiger partial charge in [0.25, 0.3) is 5.91 Å². The lowest BCUT2D eigenvalue weighted by molar-refractivity contribution is -0.110. The van der Waals surface area contributed by atoms with Gasteiger partial charge in [-0.1, -0.05) is 30.3 Å². The lowest BCUT2D eigenvalue weighted by Gasteiger charge is -2.06. The number of anilines is 1. The number of nitrogens with one attached hydrogen (secondary N) is 1. The Balaban J connectivity index is 1.58. The number of aryl methyl sites for hydroxylation is 1. The SMILES string of the molecule is Cc1cccc(Oc2ccc(N=C3C(=O)Nc4ccccc43)cc2)c1. The predicted octanol–water partition coefficient (Wildman–Crippen LogP) is 4.86. The van der Waals surface area contributed by atoms with Gasteiger partial charge in [-0.2, -0.15) is 0 Å². The predicted molar refractivity (Wildman–Crippen MR) is 99.0 cm³/mol. The van der Waals surface area contributed by atoms with Crippen molar-refractivity contribution in [2.24, 2.45) is 4.99 Å². The molecule has 3 aromatic carbocycles. The molecule has 1 aliphatic heterocycles. The van der Waals surface area contributed by atoms with Crippen LogP contribution in [0, 0.1) is 6.92 Å². The summed E-state index contributed by atoms with van der Waals surface area (Å²) >= 11 is 0. The Morgan fingerprint density at radius 2 is 1.68 bits per heavy atom. The zero-order valence-electron chi connectivity index (χ0n) is 13.7. The van der Waals surface area contributed by atoms with E-state index in [0.717, 1.165) is 28.3 Å². The molecule has 0 fully saturated rings. The second-order valence-electron chi connectivity index (χ2n) is 5.87. The van der Waals surface area contributed by atoms with E-state index in [1.54, 1.807) is 0 Å². The van der Waals surface area contributed by atoms with Gasteiger partial charge in [0.1, 0.15) is 17.2 Å². The fraction of sp³-hybridized carbons (Fsp3) is 0.0476. The van der Waals surface area contributed by atoms with E-state index in [2.05, 4.69) is 10.3 Å². The van der Waals surface area contributed by atoms with Crippen LogP contribution in [0.3, 0.4) is 0 Å². The standard InChI is InChI=1S/C21H16N2O2/c1-14-5-4-6-17(13-14)25-16-11-9-15(10-12-16)22-20-18-7-2-3-8-19(18)23-21(20)24/h2-13H,1H3,(H,22,23,24). The van der Waals surface area contributed by atoms with E-state index in [-0.39, 0.29) is 5.91 Å². The third-order valence-electron chi connectivity index (χ3n) is 3.95. The van der Waals surface area contributed by atoms with E-state index in [9.17, 15) is 4.79 Å². The molecule has 0 saturated heterocycles. The first-order valence-corrected chi connectivity index (χ1v) is 8.03. The maximum Gasteiger partial charge on any atom is 0.275 e. The molecule has 25 heavy (non-hydrogen) atoms. The number of carbonyl (C=O) groups excluding carboxylic acids is 1. The number of aliphatic imine (C=N–C) groups is 1. The molecule has 1 heterocycles. The van der Waals surface area contributed by atoms with Gasteiger partial charge in [-0.3, -0.25) is 4.79 Å². The molecule has 0 radical (unpaired) electrons. The molecule has 3 aromatic rings. The first-order valence-electron chi connectivity index (χ1n) is 8.03. The number of hydrogen-bond donors (Lipinski definition) is 1. The minimum Gasteiger partial charge on any atom is -0.457 e. The van der Waals surface area contributed by atoms with Gasteiger partial charge in [0.15, 0.2) is 0 Å². The first-order chi connectivity index (χ1) is 12.2. The van der Waals surface area contributed by atoms with Crippen molar-refractivity contribution in [2.45, 2.75) is 6.92 Å². The van der Waals surface area contributed by atoms with Crippen molar-refractivity contribution < 1.29 is 9.53 Å². The van der Waals surface area contributed by atoms with Gasteiger partial charge in [-0.05, 0) is 55.0 Å². The zero-order valence-corrected chi connectivity index (χ0v) is 13.7. The molecule has 0 aliphatic carbocycles. The summed E-state index contributed by atoms with van der Waals surface area (Å²) < 4.78 is 5.83. The largest absolute Gasteiger partial charge is 0.457 e. The van der Waals surface area contributed by atoms with Crippen molar-refractivity contribution in [1.29, 1.82) is 0 Å². The molecule has 0 spiro atoms. The summed E-state index contributed by atoms with van der Waals surface area (Å²) in [4.78, 5) is 16.6. The van der Waals surface area contributed by atoms with Crippen molar-refractivity contribution in [2.75, 3.05) is 5.32 Å². The van der Waals surface area contributed by atoms with Gasteiger partial charge in [0, 0.05) is 5.56 Å². The Morgan fingerprint density at radius 3 is 2.48 bits per heavy atom. The van der Waals surface area contributed by atoms with Gasteiger partial charge in [0.2, 0.25) is 0 Å². The summed E-state index contributed by atoms with van der Waals surface area (Å²) in [5, 5.41) is 2.82. The molecule has 0 unspecified atom stereocenters.